The van der Waals surface area contributed by atoms with Crippen LogP contribution in [-0.2, 0) is 11.2 Å². The highest BCUT2D eigenvalue weighted by Gasteiger charge is 2.20. The smallest absolute Gasteiger partial charge is 0.387 e. The van der Waals surface area contributed by atoms with Crippen LogP contribution in [0.25, 0.3) is 0 Å². The zero-order valence-corrected chi connectivity index (χ0v) is 13.0. The Morgan fingerprint density at radius 1 is 1.27 bits per heavy atom. The van der Waals surface area contributed by atoms with Crippen molar-refractivity contribution in [2.75, 3.05) is 0 Å². The van der Waals surface area contributed by atoms with Crippen LogP contribution in [0.15, 0.2) is 24.3 Å². The molecule has 124 valence electrons. The number of nitrogens with two attached hydrogens (primary N) is 1. The molecule has 1 aromatic rings. The van der Waals surface area contributed by atoms with Crippen molar-refractivity contribution in [3.8, 4) is 5.75 Å². The molecule has 1 aromatic carbocycles. The minimum atomic E-state index is -2.89. The summed E-state index contributed by atoms with van der Waals surface area (Å²) in [6.45, 7) is -2.89. The van der Waals surface area contributed by atoms with Crippen molar-refractivity contribution in [1.29, 1.82) is 0 Å². The van der Waals surface area contributed by atoms with E-state index in [0.717, 1.165) is 25.7 Å². The van der Waals surface area contributed by atoms with Gasteiger partial charge in [-0.25, -0.2) is 0 Å². The topological polar surface area (TPSA) is 64.3 Å². The SMILES string of the molecule is Cl.NC1CCC(NC(=O)Cc2ccccc2OC(F)F)CC1. The molecule has 7 heteroatoms. The van der Waals surface area contributed by atoms with Gasteiger partial charge in [-0.3, -0.25) is 4.79 Å². The average Bonchev–Trinajstić information content (AvgIpc) is 2.43. The molecule has 2 rings (SSSR count). The van der Waals surface area contributed by atoms with E-state index < -0.39 is 6.61 Å². The summed E-state index contributed by atoms with van der Waals surface area (Å²) in [4.78, 5) is 12.0. The predicted octanol–water partition coefficient (Wildman–Crippen LogP) is 2.64. The van der Waals surface area contributed by atoms with Gasteiger partial charge in [-0.05, 0) is 31.7 Å². The van der Waals surface area contributed by atoms with Crippen LogP contribution in [0.3, 0.4) is 0 Å². The van der Waals surface area contributed by atoms with Crippen molar-refractivity contribution < 1.29 is 18.3 Å². The van der Waals surface area contributed by atoms with Crippen LogP contribution in [0.1, 0.15) is 31.2 Å². The first-order valence-corrected chi connectivity index (χ1v) is 7.12. The lowest BCUT2D eigenvalue weighted by Crippen LogP contribution is -2.41. The molecule has 22 heavy (non-hydrogen) atoms. The molecule has 1 fully saturated rings. The molecule has 3 N–H and O–H groups in total. The summed E-state index contributed by atoms with van der Waals surface area (Å²) >= 11 is 0. The number of benzene rings is 1. The van der Waals surface area contributed by atoms with E-state index in [1.165, 1.54) is 6.07 Å². The lowest BCUT2D eigenvalue weighted by molar-refractivity contribution is -0.121. The average molecular weight is 335 g/mol. The number of para-hydroxylation sites is 1. The van der Waals surface area contributed by atoms with E-state index in [1.54, 1.807) is 18.2 Å². The van der Waals surface area contributed by atoms with Crippen LogP contribution in [0.4, 0.5) is 8.78 Å². The van der Waals surface area contributed by atoms with Crippen LogP contribution in [-0.4, -0.2) is 24.6 Å². The molecule has 1 aliphatic carbocycles. The fraction of sp³-hybridized carbons (Fsp3) is 0.533. The monoisotopic (exact) mass is 334 g/mol. The van der Waals surface area contributed by atoms with Crippen molar-refractivity contribution in [3.63, 3.8) is 0 Å². The summed E-state index contributed by atoms with van der Waals surface area (Å²) in [5, 5.41) is 2.93. The Morgan fingerprint density at radius 3 is 2.55 bits per heavy atom. The first-order chi connectivity index (χ1) is 10.0. The summed E-state index contributed by atoms with van der Waals surface area (Å²) in [5.74, 6) is -0.130. The fourth-order valence-corrected chi connectivity index (χ4v) is 2.58. The second-order valence-corrected chi connectivity index (χ2v) is 5.34. The van der Waals surface area contributed by atoms with E-state index in [2.05, 4.69) is 10.1 Å². The van der Waals surface area contributed by atoms with Crippen molar-refractivity contribution in [3.05, 3.63) is 29.8 Å². The second kappa shape index (κ2) is 8.90. The first-order valence-electron chi connectivity index (χ1n) is 7.12. The molecule has 0 spiro atoms. The maximum absolute atomic E-state index is 12.3. The lowest BCUT2D eigenvalue weighted by atomic mass is 9.91. The zero-order valence-electron chi connectivity index (χ0n) is 12.1. The maximum Gasteiger partial charge on any atom is 0.387 e. The van der Waals surface area contributed by atoms with Gasteiger partial charge in [0.1, 0.15) is 5.75 Å². The van der Waals surface area contributed by atoms with Gasteiger partial charge in [0.05, 0.1) is 6.42 Å². The molecule has 1 aliphatic rings. The molecule has 0 aromatic heterocycles. The van der Waals surface area contributed by atoms with Gasteiger partial charge in [0.15, 0.2) is 0 Å². The van der Waals surface area contributed by atoms with Gasteiger partial charge in [-0.1, -0.05) is 18.2 Å². The number of nitrogens with one attached hydrogen (secondary N) is 1. The number of rotatable bonds is 5. The van der Waals surface area contributed by atoms with Gasteiger partial charge < -0.3 is 15.8 Å². The van der Waals surface area contributed by atoms with Gasteiger partial charge in [-0.15, -0.1) is 12.4 Å². The Hall–Kier alpha value is -1.40. The molecule has 1 amide bonds. The number of alkyl halides is 2. The molecule has 0 saturated heterocycles. The molecule has 0 bridgehead atoms. The minimum Gasteiger partial charge on any atom is -0.435 e. The van der Waals surface area contributed by atoms with Crippen LogP contribution in [0, 0.1) is 0 Å². The first kappa shape index (κ1) is 18.6. The third kappa shape index (κ3) is 5.77. The molecule has 1 saturated carbocycles. The van der Waals surface area contributed by atoms with Gasteiger partial charge in [0.25, 0.3) is 0 Å². The Kier molecular flexibility index (Phi) is 7.55. The number of halogens is 3. The van der Waals surface area contributed by atoms with E-state index in [9.17, 15) is 13.6 Å². The van der Waals surface area contributed by atoms with Crippen molar-refractivity contribution in [1.82, 2.24) is 5.32 Å². The third-order valence-electron chi connectivity index (χ3n) is 3.68. The van der Waals surface area contributed by atoms with Gasteiger partial charge in [0.2, 0.25) is 5.91 Å². The Labute approximate surface area is 134 Å². The van der Waals surface area contributed by atoms with E-state index in [0.29, 0.717) is 5.56 Å². The van der Waals surface area contributed by atoms with Crippen molar-refractivity contribution >= 4 is 18.3 Å². The molecule has 0 atom stereocenters. The second-order valence-electron chi connectivity index (χ2n) is 5.34. The summed E-state index contributed by atoms with van der Waals surface area (Å²) < 4.78 is 29.0. The van der Waals surface area contributed by atoms with Crippen LogP contribution in [0.5, 0.6) is 5.75 Å². The number of carbonyl (C=O) groups excluding carboxylic acids is 1. The van der Waals surface area contributed by atoms with E-state index in [4.69, 9.17) is 5.73 Å². The Bertz CT molecular complexity index is 480. The maximum atomic E-state index is 12.3. The molecular formula is C15H21ClF2N2O2. The van der Waals surface area contributed by atoms with Crippen LogP contribution in [0.2, 0.25) is 0 Å². The third-order valence-corrected chi connectivity index (χ3v) is 3.68. The van der Waals surface area contributed by atoms with Crippen LogP contribution < -0.4 is 15.8 Å². The van der Waals surface area contributed by atoms with Crippen molar-refractivity contribution in [2.24, 2.45) is 5.73 Å². The highest BCUT2D eigenvalue weighted by Crippen LogP contribution is 2.21. The zero-order chi connectivity index (χ0) is 15.2. The van der Waals surface area contributed by atoms with Gasteiger partial charge >= 0.3 is 6.61 Å². The number of ether oxygens (including phenoxy) is 1. The van der Waals surface area contributed by atoms with Crippen LogP contribution >= 0.6 is 12.4 Å². The standard InChI is InChI=1S/C15H20F2N2O2.ClH/c16-15(17)21-13-4-2-1-3-10(13)9-14(20)19-12-7-5-11(18)6-8-12;/h1-4,11-12,15H,5-9,18H2,(H,19,20);1H. The molecule has 0 aliphatic heterocycles. The van der Waals surface area contributed by atoms with E-state index in [1.807, 2.05) is 0 Å². The molecule has 0 radical (unpaired) electrons. The summed E-state index contributed by atoms with van der Waals surface area (Å²) in [6.07, 6.45) is 3.56. The molecule has 4 nitrogen and oxygen atoms in total. The van der Waals surface area contributed by atoms with Gasteiger partial charge in [0, 0.05) is 17.6 Å². The Balaban J connectivity index is 0.00000242. The highest BCUT2D eigenvalue weighted by molar-refractivity contribution is 5.85. The summed E-state index contributed by atoms with van der Waals surface area (Å²) in [5.41, 5.74) is 6.28. The van der Waals surface area contributed by atoms with E-state index >= 15 is 0 Å². The predicted molar refractivity (Wildman–Crippen MR) is 82.4 cm³/mol. The molecule has 0 heterocycles. The highest BCUT2D eigenvalue weighted by atomic mass is 35.5. The number of hydrogen-bond acceptors (Lipinski definition) is 3. The number of amides is 1. The minimum absolute atomic E-state index is 0. The normalized spacial score (nSPS) is 21.1. The van der Waals surface area contributed by atoms with Gasteiger partial charge in [-0.2, -0.15) is 8.78 Å². The Morgan fingerprint density at radius 2 is 1.91 bits per heavy atom. The largest absolute Gasteiger partial charge is 0.435 e. The summed E-state index contributed by atoms with van der Waals surface area (Å²) in [6, 6.07) is 6.70. The molecule has 0 unspecified atom stereocenters. The van der Waals surface area contributed by atoms with Crippen molar-refractivity contribution in [2.45, 2.75) is 50.8 Å². The summed E-state index contributed by atoms with van der Waals surface area (Å²) in [7, 11) is 0. The quantitative estimate of drug-likeness (QED) is 0.870. The number of hydrogen-bond donors (Lipinski definition) is 2. The van der Waals surface area contributed by atoms with E-state index in [-0.39, 0.29) is 42.6 Å². The number of carbonyl (C=O) groups is 1. The fourth-order valence-electron chi connectivity index (χ4n) is 2.58. The molecular weight excluding hydrogens is 314 g/mol. The lowest BCUT2D eigenvalue weighted by Gasteiger charge is -2.26.